The lowest BCUT2D eigenvalue weighted by molar-refractivity contribution is -0.118. The van der Waals surface area contributed by atoms with Gasteiger partial charge >= 0.3 is 0 Å². The van der Waals surface area contributed by atoms with Crippen LogP contribution in [-0.2, 0) is 4.79 Å². The minimum absolute atomic E-state index is 0.235. The van der Waals surface area contributed by atoms with E-state index in [9.17, 15) is 9.59 Å². The number of rotatable bonds is 9. The molecule has 0 saturated heterocycles. The summed E-state index contributed by atoms with van der Waals surface area (Å²) in [6.07, 6.45) is 0.716. The number of aldehydes is 1. The van der Waals surface area contributed by atoms with Crippen LogP contribution in [0.1, 0.15) is 17.3 Å². The maximum absolute atomic E-state index is 12.2. The maximum atomic E-state index is 12.2. The molecule has 2 aromatic rings. The van der Waals surface area contributed by atoms with E-state index in [0.717, 1.165) is 0 Å². The second-order valence-electron chi connectivity index (χ2n) is 5.16. The van der Waals surface area contributed by atoms with Gasteiger partial charge < -0.3 is 24.3 Å². The summed E-state index contributed by atoms with van der Waals surface area (Å²) in [6, 6.07) is 9.83. The van der Waals surface area contributed by atoms with E-state index in [4.69, 9.17) is 18.9 Å². The fraction of sp³-hybridized carbons (Fsp3) is 0.263. The predicted molar refractivity (Wildman–Crippen MR) is 96.7 cm³/mol. The van der Waals surface area contributed by atoms with Crippen LogP contribution in [0.25, 0.3) is 0 Å². The summed E-state index contributed by atoms with van der Waals surface area (Å²) >= 11 is 0. The van der Waals surface area contributed by atoms with Crippen LogP contribution in [0.5, 0.6) is 23.0 Å². The van der Waals surface area contributed by atoms with Gasteiger partial charge in [0, 0.05) is 11.6 Å². The van der Waals surface area contributed by atoms with Crippen LogP contribution in [-0.4, -0.2) is 39.6 Å². The Labute approximate surface area is 151 Å². The zero-order valence-corrected chi connectivity index (χ0v) is 14.9. The normalized spacial score (nSPS) is 9.96. The number of hydrogen-bond donors (Lipinski definition) is 1. The number of nitrogens with one attached hydrogen (secondary N) is 1. The Bertz CT molecular complexity index is 775. The summed E-state index contributed by atoms with van der Waals surface area (Å²) < 4.78 is 21.3. The van der Waals surface area contributed by atoms with Crippen molar-refractivity contribution in [3.8, 4) is 23.0 Å². The van der Waals surface area contributed by atoms with Crippen LogP contribution < -0.4 is 24.3 Å². The number of anilines is 1. The summed E-state index contributed by atoms with van der Waals surface area (Å²) in [5.74, 6) is 1.50. The fourth-order valence-electron chi connectivity index (χ4n) is 2.23. The molecule has 0 spiro atoms. The molecule has 1 N–H and O–H groups in total. The Morgan fingerprint density at radius 3 is 2.42 bits per heavy atom. The average molecular weight is 359 g/mol. The molecule has 26 heavy (non-hydrogen) atoms. The zero-order valence-electron chi connectivity index (χ0n) is 14.9. The monoisotopic (exact) mass is 359 g/mol. The first-order valence-corrected chi connectivity index (χ1v) is 7.98. The van der Waals surface area contributed by atoms with Gasteiger partial charge in [0.2, 0.25) is 0 Å². The maximum Gasteiger partial charge on any atom is 0.262 e. The van der Waals surface area contributed by atoms with Gasteiger partial charge in [0.25, 0.3) is 5.91 Å². The SMILES string of the molecule is CCOc1cc(C=O)ccc1OCC(=O)Nc1cc(OC)ccc1OC. The fourth-order valence-corrected chi connectivity index (χ4v) is 2.23. The van der Waals surface area contributed by atoms with E-state index in [0.29, 0.717) is 47.1 Å². The van der Waals surface area contributed by atoms with Crippen molar-refractivity contribution >= 4 is 17.9 Å². The van der Waals surface area contributed by atoms with E-state index in [1.807, 2.05) is 6.92 Å². The molecule has 0 heterocycles. The van der Waals surface area contributed by atoms with Crippen LogP contribution >= 0.6 is 0 Å². The van der Waals surface area contributed by atoms with Gasteiger partial charge in [0.1, 0.15) is 17.8 Å². The lowest BCUT2D eigenvalue weighted by atomic mass is 10.2. The Hall–Kier alpha value is -3.22. The Kier molecular flexibility index (Phi) is 6.84. The number of amides is 1. The molecule has 138 valence electrons. The Morgan fingerprint density at radius 1 is 1.00 bits per heavy atom. The highest BCUT2D eigenvalue weighted by atomic mass is 16.5. The number of hydrogen-bond acceptors (Lipinski definition) is 6. The number of methoxy groups -OCH3 is 2. The molecule has 0 aliphatic heterocycles. The second kappa shape index (κ2) is 9.31. The van der Waals surface area contributed by atoms with Crippen LogP contribution in [0, 0.1) is 0 Å². The number of carbonyl (C=O) groups is 2. The molecule has 7 heteroatoms. The van der Waals surface area contributed by atoms with Gasteiger partial charge in [-0.25, -0.2) is 0 Å². The minimum atomic E-state index is -0.376. The van der Waals surface area contributed by atoms with E-state index in [-0.39, 0.29) is 12.5 Å². The van der Waals surface area contributed by atoms with Gasteiger partial charge in [-0.1, -0.05) is 0 Å². The van der Waals surface area contributed by atoms with E-state index < -0.39 is 0 Å². The third kappa shape index (κ3) is 4.89. The molecule has 0 radical (unpaired) electrons. The van der Waals surface area contributed by atoms with Crippen LogP contribution in [0.3, 0.4) is 0 Å². The van der Waals surface area contributed by atoms with Crippen LogP contribution in [0.2, 0.25) is 0 Å². The molecular weight excluding hydrogens is 338 g/mol. The van der Waals surface area contributed by atoms with E-state index in [2.05, 4.69) is 5.32 Å². The van der Waals surface area contributed by atoms with Crippen molar-refractivity contribution in [3.63, 3.8) is 0 Å². The summed E-state index contributed by atoms with van der Waals surface area (Å²) in [4.78, 5) is 23.1. The standard InChI is InChI=1S/C19H21NO6/c1-4-25-18-9-13(11-21)5-7-17(18)26-12-19(22)20-15-10-14(23-2)6-8-16(15)24-3/h5-11H,4,12H2,1-3H3,(H,20,22). The topological polar surface area (TPSA) is 83.1 Å². The van der Waals surface area contributed by atoms with Gasteiger partial charge in [0.05, 0.1) is 26.5 Å². The van der Waals surface area contributed by atoms with Crippen molar-refractivity contribution in [1.29, 1.82) is 0 Å². The third-order valence-corrected chi connectivity index (χ3v) is 3.44. The van der Waals surface area contributed by atoms with Gasteiger partial charge in [-0.3, -0.25) is 9.59 Å². The number of ether oxygens (including phenoxy) is 4. The molecule has 1 amide bonds. The summed E-state index contributed by atoms with van der Waals surface area (Å²) in [6.45, 7) is 1.99. The van der Waals surface area contributed by atoms with Crippen molar-refractivity contribution in [2.45, 2.75) is 6.92 Å². The van der Waals surface area contributed by atoms with Gasteiger partial charge in [0.15, 0.2) is 18.1 Å². The molecule has 2 rings (SSSR count). The molecule has 0 saturated carbocycles. The third-order valence-electron chi connectivity index (χ3n) is 3.44. The van der Waals surface area contributed by atoms with Gasteiger partial charge in [-0.2, -0.15) is 0 Å². The molecule has 0 unspecified atom stereocenters. The smallest absolute Gasteiger partial charge is 0.262 e. The molecule has 7 nitrogen and oxygen atoms in total. The quantitative estimate of drug-likeness (QED) is 0.693. The minimum Gasteiger partial charge on any atom is -0.497 e. The molecule has 0 atom stereocenters. The lowest BCUT2D eigenvalue weighted by Crippen LogP contribution is -2.20. The van der Waals surface area contributed by atoms with Crippen molar-refractivity contribution in [3.05, 3.63) is 42.0 Å². The van der Waals surface area contributed by atoms with E-state index in [1.165, 1.54) is 14.2 Å². The summed E-state index contributed by atoms with van der Waals surface area (Å²) in [5, 5.41) is 2.71. The Morgan fingerprint density at radius 2 is 1.77 bits per heavy atom. The first-order chi connectivity index (χ1) is 12.6. The highest BCUT2D eigenvalue weighted by Gasteiger charge is 2.12. The summed E-state index contributed by atoms with van der Waals surface area (Å²) in [5.41, 5.74) is 0.938. The van der Waals surface area contributed by atoms with Crippen molar-refractivity contribution in [1.82, 2.24) is 0 Å². The molecule has 0 aromatic heterocycles. The van der Waals surface area contributed by atoms with Crippen LogP contribution in [0.4, 0.5) is 5.69 Å². The van der Waals surface area contributed by atoms with Crippen molar-refractivity contribution in [2.75, 3.05) is 32.8 Å². The average Bonchev–Trinajstić information content (AvgIpc) is 2.67. The van der Waals surface area contributed by atoms with Crippen molar-refractivity contribution in [2.24, 2.45) is 0 Å². The molecule has 0 fully saturated rings. The summed E-state index contributed by atoms with van der Waals surface area (Å²) in [7, 11) is 3.05. The molecule has 0 bridgehead atoms. The highest BCUT2D eigenvalue weighted by Crippen LogP contribution is 2.30. The number of benzene rings is 2. The first-order valence-electron chi connectivity index (χ1n) is 7.98. The Balaban J connectivity index is 2.06. The highest BCUT2D eigenvalue weighted by molar-refractivity contribution is 5.93. The largest absolute Gasteiger partial charge is 0.497 e. The lowest BCUT2D eigenvalue weighted by Gasteiger charge is -2.14. The van der Waals surface area contributed by atoms with E-state index in [1.54, 1.807) is 36.4 Å². The first kappa shape index (κ1) is 19.1. The molecule has 2 aromatic carbocycles. The zero-order chi connectivity index (χ0) is 18.9. The predicted octanol–water partition coefficient (Wildman–Crippen LogP) is 2.93. The van der Waals surface area contributed by atoms with Gasteiger partial charge in [-0.05, 0) is 37.3 Å². The second-order valence-corrected chi connectivity index (χ2v) is 5.16. The van der Waals surface area contributed by atoms with Crippen LogP contribution in [0.15, 0.2) is 36.4 Å². The number of carbonyl (C=O) groups excluding carboxylic acids is 2. The molecular formula is C19H21NO6. The molecule has 0 aliphatic carbocycles. The molecule has 0 aliphatic rings. The van der Waals surface area contributed by atoms with E-state index >= 15 is 0 Å². The van der Waals surface area contributed by atoms with Gasteiger partial charge in [-0.15, -0.1) is 0 Å². The van der Waals surface area contributed by atoms with Crippen molar-refractivity contribution < 1.29 is 28.5 Å².